The van der Waals surface area contributed by atoms with E-state index in [1.807, 2.05) is 38.1 Å². The molecule has 0 amide bonds. The second kappa shape index (κ2) is 8.35. The summed E-state index contributed by atoms with van der Waals surface area (Å²) in [5, 5.41) is 0. The molecule has 2 rings (SSSR count). The molecule has 4 nitrogen and oxygen atoms in total. The molecule has 1 aromatic carbocycles. The van der Waals surface area contributed by atoms with E-state index in [0.717, 1.165) is 24.2 Å². The number of ether oxygens (including phenoxy) is 4. The van der Waals surface area contributed by atoms with Gasteiger partial charge in [-0.25, -0.2) is 0 Å². The fourth-order valence-corrected chi connectivity index (χ4v) is 2.78. The average Bonchev–Trinajstić information content (AvgIpc) is 2.51. The number of methoxy groups -OCH3 is 1. The number of terminal acetylenes is 1. The van der Waals surface area contributed by atoms with Gasteiger partial charge >= 0.3 is 0 Å². The second-order valence-corrected chi connectivity index (χ2v) is 6.21. The molecule has 1 heterocycles. The van der Waals surface area contributed by atoms with Crippen LogP contribution in [0.5, 0.6) is 5.75 Å². The number of rotatable bonds is 7. The topological polar surface area (TPSA) is 36.9 Å². The molecular weight excluding hydrogens is 292 g/mol. The summed E-state index contributed by atoms with van der Waals surface area (Å²) in [4.78, 5) is 0. The Bertz CT molecular complexity index is 515. The summed E-state index contributed by atoms with van der Waals surface area (Å²) >= 11 is 0. The van der Waals surface area contributed by atoms with Gasteiger partial charge in [0.1, 0.15) is 5.75 Å². The first-order chi connectivity index (χ1) is 11.0. The van der Waals surface area contributed by atoms with Crippen LogP contribution in [-0.2, 0) is 20.8 Å². The van der Waals surface area contributed by atoms with Crippen molar-refractivity contribution >= 4 is 0 Å². The van der Waals surface area contributed by atoms with Crippen molar-refractivity contribution in [1.29, 1.82) is 0 Å². The van der Waals surface area contributed by atoms with E-state index >= 15 is 0 Å². The highest BCUT2D eigenvalue weighted by molar-refractivity contribution is 5.26. The van der Waals surface area contributed by atoms with Crippen molar-refractivity contribution in [2.75, 3.05) is 13.7 Å². The molecule has 0 unspecified atom stereocenters. The van der Waals surface area contributed by atoms with Gasteiger partial charge in [0.15, 0.2) is 5.79 Å². The zero-order chi connectivity index (χ0) is 16.7. The van der Waals surface area contributed by atoms with E-state index in [4.69, 9.17) is 25.4 Å². The lowest BCUT2D eigenvalue weighted by molar-refractivity contribution is -0.300. The molecule has 23 heavy (non-hydrogen) atoms. The van der Waals surface area contributed by atoms with Crippen LogP contribution in [0.4, 0.5) is 0 Å². The molecule has 1 aromatic rings. The Morgan fingerprint density at radius 2 is 1.91 bits per heavy atom. The normalized spacial score (nSPS) is 23.2. The molecule has 0 radical (unpaired) electrons. The van der Waals surface area contributed by atoms with Gasteiger partial charge < -0.3 is 18.9 Å². The zero-order valence-corrected chi connectivity index (χ0v) is 14.2. The van der Waals surface area contributed by atoms with Gasteiger partial charge in [0.25, 0.3) is 0 Å². The first-order valence-corrected chi connectivity index (χ1v) is 8.02. The number of hydrogen-bond acceptors (Lipinski definition) is 4. The van der Waals surface area contributed by atoms with E-state index in [1.54, 1.807) is 7.11 Å². The van der Waals surface area contributed by atoms with Crippen molar-refractivity contribution in [1.82, 2.24) is 0 Å². The summed E-state index contributed by atoms with van der Waals surface area (Å²) in [6.07, 6.45) is 7.86. The molecule has 126 valence electrons. The van der Waals surface area contributed by atoms with Gasteiger partial charge in [0.05, 0.1) is 25.9 Å². The van der Waals surface area contributed by atoms with E-state index < -0.39 is 5.79 Å². The fraction of sp³-hybridized carbons (Fsp3) is 0.579. The van der Waals surface area contributed by atoms with Crippen molar-refractivity contribution in [3.05, 3.63) is 29.8 Å². The van der Waals surface area contributed by atoms with Gasteiger partial charge in [0, 0.05) is 19.4 Å². The maximum absolute atomic E-state index is 5.95. The van der Waals surface area contributed by atoms with E-state index in [2.05, 4.69) is 5.92 Å². The Hall–Kier alpha value is -1.54. The molecular formula is C19H26O4. The highest BCUT2D eigenvalue weighted by atomic mass is 16.7. The van der Waals surface area contributed by atoms with Gasteiger partial charge in [-0.3, -0.25) is 0 Å². The minimum atomic E-state index is -0.583. The Morgan fingerprint density at radius 1 is 1.22 bits per heavy atom. The lowest BCUT2D eigenvalue weighted by atomic mass is 10.0. The molecule has 0 aliphatic carbocycles. The first kappa shape index (κ1) is 17.8. The minimum Gasteiger partial charge on any atom is -0.497 e. The van der Waals surface area contributed by atoms with Crippen LogP contribution < -0.4 is 4.74 Å². The monoisotopic (exact) mass is 318 g/mol. The van der Waals surface area contributed by atoms with E-state index in [9.17, 15) is 0 Å². The van der Waals surface area contributed by atoms with Crippen LogP contribution in [0.25, 0.3) is 0 Å². The van der Waals surface area contributed by atoms with Crippen LogP contribution >= 0.6 is 0 Å². The average molecular weight is 318 g/mol. The third-order valence-electron chi connectivity index (χ3n) is 3.78. The quantitative estimate of drug-likeness (QED) is 0.569. The summed E-state index contributed by atoms with van der Waals surface area (Å²) in [5.74, 6) is 2.94. The maximum atomic E-state index is 5.95. The van der Waals surface area contributed by atoms with Crippen molar-refractivity contribution in [2.45, 2.75) is 57.7 Å². The lowest BCUT2D eigenvalue weighted by Crippen LogP contribution is -2.44. The largest absolute Gasteiger partial charge is 0.497 e. The highest BCUT2D eigenvalue weighted by Gasteiger charge is 2.34. The van der Waals surface area contributed by atoms with Crippen molar-refractivity contribution in [2.24, 2.45) is 0 Å². The van der Waals surface area contributed by atoms with Gasteiger partial charge in [-0.15, -0.1) is 12.3 Å². The summed E-state index contributed by atoms with van der Waals surface area (Å²) in [7, 11) is 1.66. The van der Waals surface area contributed by atoms with E-state index in [1.165, 1.54) is 0 Å². The Balaban J connectivity index is 1.73. The SMILES string of the molecule is C#CC[C@@H]1C[C@H](CCOCc2ccc(OC)cc2)OC(C)(C)O1. The maximum Gasteiger partial charge on any atom is 0.163 e. The molecule has 0 bridgehead atoms. The third kappa shape index (κ3) is 5.87. The second-order valence-electron chi connectivity index (χ2n) is 6.21. The van der Waals surface area contributed by atoms with Crippen LogP contribution in [0.3, 0.4) is 0 Å². The molecule has 1 aliphatic rings. The molecule has 1 saturated heterocycles. The van der Waals surface area contributed by atoms with Gasteiger partial charge in [-0.1, -0.05) is 12.1 Å². The molecule has 0 aromatic heterocycles. The molecule has 2 atom stereocenters. The molecule has 4 heteroatoms. The first-order valence-electron chi connectivity index (χ1n) is 8.02. The van der Waals surface area contributed by atoms with E-state index in [0.29, 0.717) is 19.6 Å². The van der Waals surface area contributed by atoms with Crippen LogP contribution in [0.15, 0.2) is 24.3 Å². The van der Waals surface area contributed by atoms with Crippen LogP contribution in [0, 0.1) is 12.3 Å². The van der Waals surface area contributed by atoms with Gasteiger partial charge in [-0.2, -0.15) is 0 Å². The van der Waals surface area contributed by atoms with Gasteiger partial charge in [0.2, 0.25) is 0 Å². The summed E-state index contributed by atoms with van der Waals surface area (Å²) in [6.45, 7) is 5.10. The smallest absolute Gasteiger partial charge is 0.163 e. The van der Waals surface area contributed by atoms with Crippen LogP contribution in [0.2, 0.25) is 0 Å². The minimum absolute atomic E-state index is 0.0651. The highest BCUT2D eigenvalue weighted by Crippen LogP contribution is 2.29. The standard InChI is InChI=1S/C19H26O4/c1-5-6-17-13-18(23-19(2,3)22-17)11-12-21-14-15-7-9-16(20-4)10-8-15/h1,7-10,17-18H,6,11-14H2,2-4H3/t17-,18+/m1/s1. The predicted molar refractivity (Wildman–Crippen MR) is 89.2 cm³/mol. The van der Waals surface area contributed by atoms with Crippen molar-refractivity contribution < 1.29 is 18.9 Å². The van der Waals surface area contributed by atoms with Crippen LogP contribution in [0.1, 0.15) is 38.7 Å². The summed E-state index contributed by atoms with van der Waals surface area (Å²) in [6, 6.07) is 7.89. The van der Waals surface area contributed by atoms with Crippen LogP contribution in [-0.4, -0.2) is 31.7 Å². The Kier molecular flexibility index (Phi) is 6.47. The molecule has 1 aliphatic heterocycles. The molecule has 0 saturated carbocycles. The van der Waals surface area contributed by atoms with Gasteiger partial charge in [-0.05, 0) is 38.0 Å². The third-order valence-corrected chi connectivity index (χ3v) is 3.78. The predicted octanol–water partition coefficient (Wildman–Crippen LogP) is 3.54. The Labute approximate surface area is 139 Å². The lowest BCUT2D eigenvalue weighted by Gasteiger charge is -2.40. The zero-order valence-electron chi connectivity index (χ0n) is 14.2. The molecule has 1 fully saturated rings. The number of benzene rings is 1. The van der Waals surface area contributed by atoms with E-state index in [-0.39, 0.29) is 12.2 Å². The summed E-state index contributed by atoms with van der Waals surface area (Å²) in [5.41, 5.74) is 1.13. The molecule has 0 N–H and O–H groups in total. The van der Waals surface area contributed by atoms with Crippen molar-refractivity contribution in [3.8, 4) is 18.1 Å². The summed E-state index contributed by atoms with van der Waals surface area (Å²) < 4.78 is 22.7. The fourth-order valence-electron chi connectivity index (χ4n) is 2.78. The molecule has 0 spiro atoms. The number of hydrogen-bond donors (Lipinski definition) is 0. The Morgan fingerprint density at radius 3 is 2.57 bits per heavy atom. The van der Waals surface area contributed by atoms with Crippen molar-refractivity contribution in [3.63, 3.8) is 0 Å².